The maximum absolute atomic E-state index is 11.8. The first-order valence-corrected chi connectivity index (χ1v) is 8.37. The van der Waals surface area contributed by atoms with E-state index in [1.54, 1.807) is 6.20 Å². The van der Waals surface area contributed by atoms with E-state index in [0.717, 1.165) is 17.7 Å². The van der Waals surface area contributed by atoms with E-state index in [9.17, 15) is 4.79 Å². The van der Waals surface area contributed by atoms with Crippen LogP contribution in [-0.2, 0) is 13.0 Å². The summed E-state index contributed by atoms with van der Waals surface area (Å²) in [5, 5.41) is 9.96. The molecule has 2 N–H and O–H groups in total. The molecule has 5 nitrogen and oxygen atoms in total. The predicted octanol–water partition coefficient (Wildman–Crippen LogP) is 3.22. The van der Waals surface area contributed by atoms with Crippen molar-refractivity contribution in [2.24, 2.45) is 0 Å². The molecule has 5 heteroatoms. The SMILES string of the molecule is Cc1ccc(CNC(=O)NCCc2ccc(-n3cccn3)cc2)cc1. The molecule has 0 unspecified atom stereocenters. The van der Waals surface area contributed by atoms with Gasteiger partial charge in [0.15, 0.2) is 0 Å². The monoisotopic (exact) mass is 334 g/mol. The molecule has 0 aliphatic heterocycles. The highest BCUT2D eigenvalue weighted by Gasteiger charge is 2.01. The van der Waals surface area contributed by atoms with E-state index in [4.69, 9.17) is 0 Å². The second kappa shape index (κ2) is 8.15. The molecule has 1 heterocycles. The van der Waals surface area contributed by atoms with Crippen molar-refractivity contribution in [3.8, 4) is 5.69 Å². The minimum absolute atomic E-state index is 0.145. The minimum atomic E-state index is -0.145. The van der Waals surface area contributed by atoms with Crippen LogP contribution in [0.4, 0.5) is 4.79 Å². The molecular formula is C20H22N4O. The van der Waals surface area contributed by atoms with Gasteiger partial charge < -0.3 is 10.6 Å². The fourth-order valence-corrected chi connectivity index (χ4v) is 2.51. The van der Waals surface area contributed by atoms with E-state index < -0.39 is 0 Å². The molecule has 0 saturated carbocycles. The fourth-order valence-electron chi connectivity index (χ4n) is 2.51. The Morgan fingerprint density at radius 3 is 2.40 bits per heavy atom. The molecular weight excluding hydrogens is 312 g/mol. The number of hydrogen-bond donors (Lipinski definition) is 2. The number of rotatable bonds is 6. The Labute approximate surface area is 147 Å². The van der Waals surface area contributed by atoms with Gasteiger partial charge in [-0.15, -0.1) is 0 Å². The zero-order valence-corrected chi connectivity index (χ0v) is 14.3. The summed E-state index contributed by atoms with van der Waals surface area (Å²) in [6, 6.07) is 18.1. The fraction of sp³-hybridized carbons (Fsp3) is 0.200. The van der Waals surface area contributed by atoms with Crippen molar-refractivity contribution in [3.05, 3.63) is 83.7 Å². The van der Waals surface area contributed by atoms with Crippen LogP contribution in [0.2, 0.25) is 0 Å². The highest BCUT2D eigenvalue weighted by atomic mass is 16.2. The summed E-state index contributed by atoms with van der Waals surface area (Å²) in [5.41, 5.74) is 4.51. The maximum Gasteiger partial charge on any atom is 0.315 e. The molecule has 0 radical (unpaired) electrons. The number of carbonyl (C=O) groups excluding carboxylic acids is 1. The van der Waals surface area contributed by atoms with Crippen LogP contribution in [-0.4, -0.2) is 22.4 Å². The number of nitrogens with one attached hydrogen (secondary N) is 2. The van der Waals surface area contributed by atoms with Crippen LogP contribution in [0.5, 0.6) is 0 Å². The summed E-state index contributed by atoms with van der Waals surface area (Å²) in [4.78, 5) is 11.8. The number of benzene rings is 2. The molecule has 3 rings (SSSR count). The van der Waals surface area contributed by atoms with Crippen molar-refractivity contribution in [2.75, 3.05) is 6.54 Å². The maximum atomic E-state index is 11.8. The van der Waals surface area contributed by atoms with E-state index in [1.807, 2.05) is 60.3 Å². The molecule has 3 aromatic rings. The average Bonchev–Trinajstić information content (AvgIpc) is 3.16. The largest absolute Gasteiger partial charge is 0.338 e. The molecule has 0 aliphatic carbocycles. The number of aromatic nitrogens is 2. The molecule has 0 aliphatic rings. The first-order valence-electron chi connectivity index (χ1n) is 8.37. The van der Waals surface area contributed by atoms with Gasteiger partial charge in [0.2, 0.25) is 0 Å². The van der Waals surface area contributed by atoms with E-state index in [0.29, 0.717) is 13.1 Å². The van der Waals surface area contributed by atoms with E-state index >= 15 is 0 Å². The summed E-state index contributed by atoms with van der Waals surface area (Å²) < 4.78 is 1.82. The van der Waals surface area contributed by atoms with Gasteiger partial charge in [0, 0.05) is 25.5 Å². The molecule has 0 atom stereocenters. The molecule has 2 aromatic carbocycles. The Kier molecular flexibility index (Phi) is 5.46. The second-order valence-corrected chi connectivity index (χ2v) is 5.96. The lowest BCUT2D eigenvalue weighted by Crippen LogP contribution is -2.36. The highest BCUT2D eigenvalue weighted by Crippen LogP contribution is 2.08. The van der Waals surface area contributed by atoms with E-state index in [1.165, 1.54) is 11.1 Å². The second-order valence-electron chi connectivity index (χ2n) is 5.96. The summed E-state index contributed by atoms with van der Waals surface area (Å²) in [5.74, 6) is 0. The van der Waals surface area contributed by atoms with Gasteiger partial charge in [0.05, 0.1) is 5.69 Å². The highest BCUT2D eigenvalue weighted by molar-refractivity contribution is 5.73. The van der Waals surface area contributed by atoms with Gasteiger partial charge in [-0.2, -0.15) is 5.10 Å². The van der Waals surface area contributed by atoms with Gasteiger partial charge in [0.1, 0.15) is 0 Å². The van der Waals surface area contributed by atoms with Crippen LogP contribution >= 0.6 is 0 Å². The normalized spacial score (nSPS) is 10.4. The van der Waals surface area contributed by atoms with Gasteiger partial charge in [-0.3, -0.25) is 0 Å². The molecule has 0 fully saturated rings. The van der Waals surface area contributed by atoms with Gasteiger partial charge in [-0.1, -0.05) is 42.0 Å². The zero-order valence-electron chi connectivity index (χ0n) is 14.3. The number of carbonyl (C=O) groups is 1. The van der Waals surface area contributed by atoms with Gasteiger partial charge in [-0.05, 0) is 42.7 Å². The van der Waals surface area contributed by atoms with Crippen molar-refractivity contribution < 1.29 is 4.79 Å². The number of urea groups is 1. The van der Waals surface area contributed by atoms with Crippen molar-refractivity contribution in [2.45, 2.75) is 19.9 Å². The third-order valence-electron chi connectivity index (χ3n) is 3.98. The quantitative estimate of drug-likeness (QED) is 0.727. The van der Waals surface area contributed by atoms with Crippen LogP contribution < -0.4 is 10.6 Å². The zero-order chi connectivity index (χ0) is 17.5. The van der Waals surface area contributed by atoms with Gasteiger partial charge in [0.25, 0.3) is 0 Å². The number of hydrogen-bond acceptors (Lipinski definition) is 2. The van der Waals surface area contributed by atoms with Gasteiger partial charge in [-0.25, -0.2) is 9.48 Å². The Morgan fingerprint density at radius 1 is 1.00 bits per heavy atom. The molecule has 25 heavy (non-hydrogen) atoms. The average molecular weight is 334 g/mol. The first kappa shape index (κ1) is 16.8. The van der Waals surface area contributed by atoms with Crippen molar-refractivity contribution >= 4 is 6.03 Å². The predicted molar refractivity (Wildman–Crippen MR) is 98.7 cm³/mol. The van der Waals surface area contributed by atoms with Crippen LogP contribution in [0.3, 0.4) is 0 Å². The Bertz CT molecular complexity index is 793. The summed E-state index contributed by atoms with van der Waals surface area (Å²) in [6.45, 7) is 3.18. The summed E-state index contributed by atoms with van der Waals surface area (Å²) in [7, 11) is 0. The van der Waals surface area contributed by atoms with E-state index in [-0.39, 0.29) is 6.03 Å². The summed E-state index contributed by atoms with van der Waals surface area (Å²) >= 11 is 0. The third kappa shape index (κ3) is 4.94. The first-order chi connectivity index (χ1) is 12.2. The molecule has 128 valence electrons. The standard InChI is InChI=1S/C20H22N4O/c1-16-3-5-18(6-4-16)15-22-20(25)21-13-11-17-7-9-19(10-8-17)24-14-2-12-23-24/h2-10,12,14H,11,13,15H2,1H3,(H2,21,22,25). The molecule has 0 bridgehead atoms. The van der Waals surface area contributed by atoms with Crippen LogP contribution in [0.25, 0.3) is 5.69 Å². The van der Waals surface area contributed by atoms with Crippen LogP contribution in [0, 0.1) is 6.92 Å². The topological polar surface area (TPSA) is 59.0 Å². The lowest BCUT2D eigenvalue weighted by molar-refractivity contribution is 0.240. The molecule has 2 amide bonds. The van der Waals surface area contributed by atoms with Crippen molar-refractivity contribution in [1.29, 1.82) is 0 Å². The van der Waals surface area contributed by atoms with E-state index in [2.05, 4.69) is 27.9 Å². The van der Waals surface area contributed by atoms with Crippen LogP contribution in [0.1, 0.15) is 16.7 Å². The van der Waals surface area contributed by atoms with Crippen molar-refractivity contribution in [3.63, 3.8) is 0 Å². The smallest absolute Gasteiger partial charge is 0.315 e. The van der Waals surface area contributed by atoms with Gasteiger partial charge >= 0.3 is 6.03 Å². The number of amides is 2. The minimum Gasteiger partial charge on any atom is -0.338 e. The van der Waals surface area contributed by atoms with Crippen molar-refractivity contribution in [1.82, 2.24) is 20.4 Å². The Hall–Kier alpha value is -3.08. The van der Waals surface area contributed by atoms with Crippen LogP contribution in [0.15, 0.2) is 67.0 Å². The lowest BCUT2D eigenvalue weighted by Gasteiger charge is -2.08. The Morgan fingerprint density at radius 2 is 1.72 bits per heavy atom. The lowest BCUT2D eigenvalue weighted by atomic mass is 10.1. The molecule has 0 spiro atoms. The molecule has 1 aromatic heterocycles. The number of nitrogens with zero attached hydrogens (tertiary/aromatic N) is 2. The molecule has 0 saturated heterocycles. The third-order valence-corrected chi connectivity index (χ3v) is 3.98. The Balaban J connectivity index is 1.40. The summed E-state index contributed by atoms with van der Waals surface area (Å²) in [6.07, 6.45) is 4.46. The number of aryl methyl sites for hydroxylation is 1.